The number of halogens is 3. The van der Waals surface area contributed by atoms with Gasteiger partial charge in [-0.1, -0.05) is 18.2 Å². The molecule has 0 bridgehead atoms. The smallest absolute Gasteiger partial charge is 0.389 e. The highest BCUT2D eigenvalue weighted by atomic mass is 32.2. The van der Waals surface area contributed by atoms with Crippen molar-refractivity contribution in [1.82, 2.24) is 15.1 Å². The van der Waals surface area contributed by atoms with Crippen LogP contribution in [-0.4, -0.2) is 54.8 Å². The van der Waals surface area contributed by atoms with E-state index in [2.05, 4.69) is 10.6 Å². The van der Waals surface area contributed by atoms with Crippen molar-refractivity contribution in [2.24, 2.45) is 0 Å². The maximum Gasteiger partial charge on any atom is 0.389 e. The lowest BCUT2D eigenvalue weighted by atomic mass is 9.82. The number of sulfone groups is 1. The first-order valence-corrected chi connectivity index (χ1v) is 16.2. The van der Waals surface area contributed by atoms with Gasteiger partial charge in [0, 0.05) is 19.1 Å². The van der Waals surface area contributed by atoms with E-state index in [4.69, 9.17) is 9.84 Å². The second kappa shape index (κ2) is 10.7. The van der Waals surface area contributed by atoms with Crippen molar-refractivity contribution in [2.75, 3.05) is 23.9 Å². The molecule has 1 atom stereocenters. The topological polar surface area (TPSA) is 119 Å². The van der Waals surface area contributed by atoms with Crippen molar-refractivity contribution in [3.8, 4) is 11.4 Å². The minimum absolute atomic E-state index is 0.0591. The number of aromatic nitrogens is 2. The Morgan fingerprint density at radius 1 is 1.19 bits per heavy atom. The Morgan fingerprint density at radius 3 is 2.60 bits per heavy atom. The number of anilines is 1. The molecule has 1 aromatic heterocycles. The summed E-state index contributed by atoms with van der Waals surface area (Å²) in [6.45, 7) is -0.0591. The van der Waals surface area contributed by atoms with E-state index in [9.17, 15) is 31.2 Å². The van der Waals surface area contributed by atoms with Gasteiger partial charge in [0.25, 0.3) is 5.91 Å². The van der Waals surface area contributed by atoms with Gasteiger partial charge in [-0.05, 0) is 79.0 Å². The first kappa shape index (κ1) is 29.2. The highest BCUT2D eigenvalue weighted by Gasteiger charge is 2.47. The number of nitrogens with zero attached hydrogens (tertiary/aromatic N) is 2. The molecule has 0 unspecified atom stereocenters. The number of benzene rings is 2. The van der Waals surface area contributed by atoms with E-state index in [0.717, 1.165) is 30.2 Å². The zero-order valence-electron chi connectivity index (χ0n) is 23.5. The average molecular weight is 617 g/mol. The van der Waals surface area contributed by atoms with Gasteiger partial charge in [0.2, 0.25) is 5.91 Å². The Bertz CT molecular complexity index is 1700. The van der Waals surface area contributed by atoms with Gasteiger partial charge >= 0.3 is 6.18 Å². The predicted molar refractivity (Wildman–Crippen MR) is 152 cm³/mol. The van der Waals surface area contributed by atoms with Crippen LogP contribution in [0.1, 0.15) is 70.8 Å². The predicted octanol–water partition coefficient (Wildman–Crippen LogP) is 4.58. The summed E-state index contributed by atoms with van der Waals surface area (Å²) in [4.78, 5) is 26.4. The van der Waals surface area contributed by atoms with Gasteiger partial charge in [-0.2, -0.15) is 18.3 Å². The van der Waals surface area contributed by atoms with Gasteiger partial charge in [0.05, 0.1) is 23.5 Å². The number of amides is 2. The minimum atomic E-state index is -4.23. The van der Waals surface area contributed by atoms with Crippen molar-refractivity contribution in [1.29, 1.82) is 0 Å². The maximum atomic E-state index is 13.7. The van der Waals surface area contributed by atoms with Crippen molar-refractivity contribution in [3.05, 3.63) is 70.4 Å². The quantitative estimate of drug-likeness (QED) is 0.340. The standard InChI is InChI=1S/C30H31F3N4O5S/c1-43(40,41)17-25(38)34-27-26-24(36-37(27)21-7-5-19(6-8-21)18-3-4-18)16-29(35-28(26)39)13-11-20-15-22(9-10-23(20)29)42-14-2-12-30(31,32)33/h5-10,15,18H,2-4,11-14,16-17H2,1H3,(H,34,38)(H,35,39)/t29-/m0/s1. The number of fused-ring (bicyclic) bond motifs is 3. The van der Waals surface area contributed by atoms with Gasteiger partial charge in [0.1, 0.15) is 22.9 Å². The van der Waals surface area contributed by atoms with Gasteiger partial charge in [-0.3, -0.25) is 9.59 Å². The Balaban J connectivity index is 1.29. The molecule has 2 amide bonds. The molecule has 1 saturated carbocycles. The van der Waals surface area contributed by atoms with E-state index in [0.29, 0.717) is 42.3 Å². The zero-order valence-corrected chi connectivity index (χ0v) is 24.3. The fraction of sp³-hybridized carbons (Fsp3) is 0.433. The molecule has 9 nitrogen and oxygen atoms in total. The molecule has 0 saturated heterocycles. The Hall–Kier alpha value is -3.87. The van der Waals surface area contributed by atoms with Gasteiger partial charge in [0.15, 0.2) is 9.84 Å². The van der Waals surface area contributed by atoms with Gasteiger partial charge < -0.3 is 15.4 Å². The molecule has 2 N–H and O–H groups in total. The summed E-state index contributed by atoms with van der Waals surface area (Å²) >= 11 is 0. The van der Waals surface area contributed by atoms with E-state index in [1.807, 2.05) is 30.3 Å². The second-order valence-corrected chi connectivity index (χ2v) is 13.8. The highest BCUT2D eigenvalue weighted by molar-refractivity contribution is 7.91. The molecular formula is C30H31F3N4O5S. The zero-order chi connectivity index (χ0) is 30.6. The highest BCUT2D eigenvalue weighted by Crippen LogP contribution is 2.45. The molecule has 6 rings (SSSR count). The normalized spacial score (nSPS) is 19.6. The van der Waals surface area contributed by atoms with E-state index in [1.165, 1.54) is 10.2 Å². The summed E-state index contributed by atoms with van der Waals surface area (Å²) in [5, 5.41) is 10.5. The van der Waals surface area contributed by atoms with Crippen LogP contribution >= 0.6 is 0 Å². The SMILES string of the molecule is CS(=O)(=O)CC(=O)Nc1c2c(nn1-c1ccc(C3CC3)cc1)C[C@]1(CCc3cc(OCCCC(F)(F)F)ccc31)NC2=O. The van der Waals surface area contributed by atoms with E-state index in [1.54, 1.807) is 12.1 Å². The largest absolute Gasteiger partial charge is 0.494 e. The van der Waals surface area contributed by atoms with Crippen LogP contribution in [0.2, 0.25) is 0 Å². The molecule has 1 spiro atoms. The van der Waals surface area contributed by atoms with E-state index >= 15 is 0 Å². The average Bonchev–Trinajstić information content (AvgIpc) is 3.63. The van der Waals surface area contributed by atoms with Crippen molar-refractivity contribution < 1.29 is 35.9 Å². The molecule has 3 aliphatic rings. The summed E-state index contributed by atoms with van der Waals surface area (Å²) in [6, 6.07) is 13.0. The lowest BCUT2D eigenvalue weighted by molar-refractivity contribution is -0.136. The third-order valence-electron chi connectivity index (χ3n) is 8.13. The van der Waals surface area contributed by atoms with E-state index in [-0.39, 0.29) is 24.4 Å². The first-order chi connectivity index (χ1) is 20.3. The summed E-state index contributed by atoms with van der Waals surface area (Å²) in [6.07, 6.45) is -0.528. The Labute approximate surface area is 246 Å². The number of aryl methyl sites for hydroxylation is 1. The summed E-state index contributed by atoms with van der Waals surface area (Å²) in [5.74, 6) is -0.855. The monoisotopic (exact) mass is 616 g/mol. The van der Waals surface area contributed by atoms with Crippen molar-refractivity contribution in [3.63, 3.8) is 0 Å². The van der Waals surface area contributed by atoms with Crippen LogP contribution in [0.4, 0.5) is 19.0 Å². The molecule has 228 valence electrons. The molecule has 1 fully saturated rings. The lowest BCUT2D eigenvalue weighted by Crippen LogP contribution is -2.49. The number of hydrogen-bond acceptors (Lipinski definition) is 6. The number of ether oxygens (including phenoxy) is 1. The minimum Gasteiger partial charge on any atom is -0.494 e. The van der Waals surface area contributed by atoms with Crippen molar-refractivity contribution >= 4 is 27.5 Å². The van der Waals surface area contributed by atoms with Crippen LogP contribution in [-0.2, 0) is 33.0 Å². The molecule has 0 radical (unpaired) electrons. The molecule has 2 heterocycles. The number of rotatable bonds is 9. The summed E-state index contributed by atoms with van der Waals surface area (Å²) in [7, 11) is -3.62. The number of carbonyl (C=O) groups excluding carboxylic acids is 2. The van der Waals surface area contributed by atoms with Gasteiger partial charge in [-0.25, -0.2) is 13.1 Å². The van der Waals surface area contributed by atoms with Crippen LogP contribution < -0.4 is 15.4 Å². The third kappa shape index (κ3) is 6.27. The van der Waals surface area contributed by atoms with Crippen LogP contribution in [0.3, 0.4) is 0 Å². The summed E-state index contributed by atoms with van der Waals surface area (Å²) < 4.78 is 68.0. The van der Waals surface area contributed by atoms with Crippen LogP contribution in [0, 0.1) is 0 Å². The number of hydrogen-bond donors (Lipinski definition) is 2. The number of alkyl halides is 3. The lowest BCUT2D eigenvalue weighted by Gasteiger charge is -2.35. The molecule has 1 aliphatic heterocycles. The number of nitrogens with one attached hydrogen (secondary N) is 2. The molecule has 2 aliphatic carbocycles. The Kier molecular flexibility index (Phi) is 7.26. The van der Waals surface area contributed by atoms with Crippen LogP contribution in [0.25, 0.3) is 5.69 Å². The first-order valence-electron chi connectivity index (χ1n) is 14.2. The van der Waals surface area contributed by atoms with Crippen molar-refractivity contribution in [2.45, 2.75) is 62.6 Å². The second-order valence-electron chi connectivity index (χ2n) is 11.7. The van der Waals surface area contributed by atoms with Crippen LogP contribution in [0.5, 0.6) is 5.75 Å². The molecular weight excluding hydrogens is 585 g/mol. The van der Waals surface area contributed by atoms with E-state index < -0.39 is 45.5 Å². The van der Waals surface area contributed by atoms with Crippen LogP contribution in [0.15, 0.2) is 42.5 Å². The number of carbonyl (C=O) groups is 2. The molecule has 43 heavy (non-hydrogen) atoms. The fourth-order valence-electron chi connectivity index (χ4n) is 6.04. The molecule has 3 aromatic rings. The maximum absolute atomic E-state index is 13.7. The fourth-order valence-corrected chi connectivity index (χ4v) is 6.59. The Morgan fingerprint density at radius 2 is 1.93 bits per heavy atom. The summed E-state index contributed by atoms with van der Waals surface area (Å²) in [5.41, 5.74) is 3.49. The molecule has 2 aromatic carbocycles. The van der Waals surface area contributed by atoms with Gasteiger partial charge in [-0.15, -0.1) is 0 Å². The molecule has 13 heteroatoms. The third-order valence-corrected chi connectivity index (χ3v) is 8.92.